The van der Waals surface area contributed by atoms with E-state index in [0.717, 1.165) is 21.2 Å². The molecule has 168 valence electrons. The number of oxazole rings is 1. The van der Waals surface area contributed by atoms with Crippen LogP contribution < -0.4 is 9.62 Å². The number of sulfonamides is 1. The lowest BCUT2D eigenvalue weighted by atomic mass is 10.2. The van der Waals surface area contributed by atoms with Crippen molar-refractivity contribution >= 4 is 49.1 Å². The van der Waals surface area contributed by atoms with Crippen LogP contribution in [0.2, 0.25) is 0 Å². The topological polar surface area (TPSA) is 116 Å². The smallest absolute Gasteiger partial charge is 0.303 e. The van der Waals surface area contributed by atoms with E-state index in [-0.39, 0.29) is 17.5 Å². The van der Waals surface area contributed by atoms with Crippen molar-refractivity contribution in [2.45, 2.75) is 19.9 Å². The summed E-state index contributed by atoms with van der Waals surface area (Å²) in [6.07, 6.45) is 1.26. The van der Waals surface area contributed by atoms with Gasteiger partial charge in [-0.25, -0.2) is 13.1 Å². The lowest BCUT2D eigenvalue weighted by molar-refractivity contribution is 0.0975. The van der Waals surface area contributed by atoms with E-state index in [1.54, 1.807) is 47.4 Å². The molecule has 2 heterocycles. The Morgan fingerprint density at radius 3 is 2.58 bits per heavy atom. The number of fused-ring (bicyclic) bond motifs is 1. The fourth-order valence-corrected chi connectivity index (χ4v) is 4.83. The van der Waals surface area contributed by atoms with Crippen LogP contribution in [0.4, 0.5) is 11.7 Å². The second-order valence-corrected chi connectivity index (χ2v) is 10.2. The van der Waals surface area contributed by atoms with Crippen LogP contribution >= 0.6 is 11.3 Å². The van der Waals surface area contributed by atoms with Crippen molar-refractivity contribution in [2.75, 3.05) is 11.2 Å². The minimum atomic E-state index is -3.75. The van der Waals surface area contributed by atoms with E-state index in [9.17, 15) is 13.2 Å². The van der Waals surface area contributed by atoms with Crippen LogP contribution in [-0.4, -0.2) is 25.6 Å². The number of carbonyl (C=O) groups is 1. The Bertz CT molecular complexity index is 1430. The SMILES string of the molecule is CCc1oc(N(Cc2cc3ccccc3s2)c2ccc(C#N)cc2)nc1C(=O)NS(C)(=O)=O. The normalized spacial score (nSPS) is 11.3. The fourth-order valence-electron chi connectivity index (χ4n) is 3.34. The number of thiophene rings is 1. The van der Waals surface area contributed by atoms with Crippen molar-refractivity contribution in [1.82, 2.24) is 9.71 Å². The molecule has 2 aromatic carbocycles. The summed E-state index contributed by atoms with van der Waals surface area (Å²) >= 11 is 1.63. The molecular weight excluding hydrogens is 460 g/mol. The second kappa shape index (κ2) is 9.05. The van der Waals surface area contributed by atoms with Crippen LogP contribution in [0.5, 0.6) is 0 Å². The Morgan fingerprint density at radius 2 is 1.94 bits per heavy atom. The third-order valence-electron chi connectivity index (χ3n) is 4.83. The summed E-state index contributed by atoms with van der Waals surface area (Å²) < 4.78 is 32.1. The molecule has 2 aromatic heterocycles. The van der Waals surface area contributed by atoms with Gasteiger partial charge in [0.15, 0.2) is 5.69 Å². The van der Waals surface area contributed by atoms with Crippen LogP contribution in [0.15, 0.2) is 59.0 Å². The number of hydrogen-bond acceptors (Lipinski definition) is 8. The molecule has 0 aliphatic rings. The zero-order valence-electron chi connectivity index (χ0n) is 17.9. The third kappa shape index (κ3) is 5.05. The number of rotatable bonds is 7. The minimum Gasteiger partial charge on any atom is -0.428 e. The van der Waals surface area contributed by atoms with Gasteiger partial charge in [0.25, 0.3) is 5.91 Å². The lowest BCUT2D eigenvalue weighted by Gasteiger charge is -2.20. The van der Waals surface area contributed by atoms with Gasteiger partial charge >= 0.3 is 6.01 Å². The van der Waals surface area contributed by atoms with E-state index >= 15 is 0 Å². The van der Waals surface area contributed by atoms with Gasteiger partial charge in [-0.2, -0.15) is 10.2 Å². The van der Waals surface area contributed by atoms with Crippen LogP contribution in [0.3, 0.4) is 0 Å². The standard InChI is InChI=1S/C23H20N4O4S2/c1-3-19-21(22(28)26-33(2,29)30)25-23(31-19)27(17-10-8-15(13-24)9-11-17)14-18-12-16-6-4-5-7-20(16)32-18/h4-12H,3,14H2,1-2H3,(H,26,28). The van der Waals surface area contributed by atoms with E-state index in [4.69, 9.17) is 9.68 Å². The maximum atomic E-state index is 12.5. The Labute approximate surface area is 195 Å². The van der Waals surface area contributed by atoms with Gasteiger partial charge in [0.2, 0.25) is 10.0 Å². The number of nitrogens with zero attached hydrogens (tertiary/aromatic N) is 3. The van der Waals surface area contributed by atoms with Crippen LogP contribution in [-0.2, 0) is 23.0 Å². The van der Waals surface area contributed by atoms with Gasteiger partial charge in [-0.3, -0.25) is 9.69 Å². The van der Waals surface area contributed by atoms with E-state index in [1.165, 1.54) is 0 Å². The molecule has 0 fully saturated rings. The number of aromatic nitrogens is 1. The summed E-state index contributed by atoms with van der Waals surface area (Å²) in [4.78, 5) is 19.7. The summed E-state index contributed by atoms with van der Waals surface area (Å²) in [5.74, 6) is -0.563. The molecule has 0 aliphatic carbocycles. The van der Waals surface area contributed by atoms with Gasteiger partial charge in [0.1, 0.15) is 5.76 Å². The first-order valence-corrected chi connectivity index (χ1v) is 12.7. The summed E-state index contributed by atoms with van der Waals surface area (Å²) in [5, 5.41) is 10.3. The molecule has 0 atom stereocenters. The Kier molecular flexibility index (Phi) is 6.18. The zero-order valence-corrected chi connectivity index (χ0v) is 19.5. The highest BCUT2D eigenvalue weighted by atomic mass is 32.2. The molecule has 0 saturated heterocycles. The summed E-state index contributed by atoms with van der Waals surface area (Å²) in [7, 11) is -3.75. The van der Waals surface area contributed by atoms with Crippen LogP contribution in [0.1, 0.15) is 33.6 Å². The number of nitrogens with one attached hydrogen (secondary N) is 1. The Morgan fingerprint density at radius 1 is 1.21 bits per heavy atom. The first-order chi connectivity index (χ1) is 15.8. The largest absolute Gasteiger partial charge is 0.428 e. The molecule has 1 N–H and O–H groups in total. The Hall–Kier alpha value is -3.68. The number of hydrogen-bond donors (Lipinski definition) is 1. The van der Waals surface area contributed by atoms with Gasteiger partial charge in [-0.05, 0) is 41.8 Å². The first kappa shape index (κ1) is 22.5. The van der Waals surface area contributed by atoms with Gasteiger partial charge in [0, 0.05) is 21.7 Å². The highest BCUT2D eigenvalue weighted by Gasteiger charge is 2.25. The highest BCUT2D eigenvalue weighted by Crippen LogP contribution is 2.33. The number of anilines is 2. The molecule has 33 heavy (non-hydrogen) atoms. The summed E-state index contributed by atoms with van der Waals surface area (Å²) in [5.41, 5.74) is 1.15. The molecule has 4 rings (SSSR count). The van der Waals surface area contributed by atoms with Crippen molar-refractivity contribution in [3.05, 3.63) is 76.5 Å². The third-order valence-corrected chi connectivity index (χ3v) is 6.49. The summed E-state index contributed by atoms with van der Waals surface area (Å²) in [6.45, 7) is 2.20. The molecular formula is C23H20N4O4S2. The van der Waals surface area contributed by atoms with Gasteiger partial charge in [0.05, 0.1) is 24.4 Å². The first-order valence-electron chi connectivity index (χ1n) is 10.0. The Balaban J connectivity index is 1.77. The van der Waals surface area contributed by atoms with Crippen molar-refractivity contribution in [1.29, 1.82) is 5.26 Å². The average Bonchev–Trinajstić information content (AvgIpc) is 3.40. The maximum Gasteiger partial charge on any atom is 0.303 e. The molecule has 8 nitrogen and oxygen atoms in total. The maximum absolute atomic E-state index is 12.5. The van der Waals surface area contributed by atoms with E-state index < -0.39 is 15.9 Å². The van der Waals surface area contributed by atoms with Crippen LogP contribution in [0.25, 0.3) is 10.1 Å². The number of aryl methyl sites for hydroxylation is 1. The van der Waals surface area contributed by atoms with Gasteiger partial charge < -0.3 is 4.42 Å². The quantitative estimate of drug-likeness (QED) is 0.418. The van der Waals surface area contributed by atoms with Crippen LogP contribution in [0, 0.1) is 11.3 Å². The summed E-state index contributed by atoms with van der Waals surface area (Å²) in [6, 6.07) is 19.3. The molecule has 0 spiro atoms. The molecule has 0 bridgehead atoms. The van der Waals surface area contributed by atoms with E-state index in [1.807, 2.05) is 29.0 Å². The average molecular weight is 481 g/mol. The zero-order chi connectivity index (χ0) is 23.6. The van der Waals surface area contributed by atoms with Crippen molar-refractivity contribution in [3.63, 3.8) is 0 Å². The van der Waals surface area contributed by atoms with Crippen molar-refractivity contribution < 1.29 is 17.6 Å². The minimum absolute atomic E-state index is 0.0760. The van der Waals surface area contributed by atoms with Gasteiger partial charge in [-0.1, -0.05) is 25.1 Å². The molecule has 0 unspecified atom stereocenters. The predicted octanol–water partition coefficient (Wildman–Crippen LogP) is 4.35. The molecule has 10 heteroatoms. The number of nitriles is 1. The fraction of sp³-hybridized carbons (Fsp3) is 0.174. The molecule has 4 aromatic rings. The monoisotopic (exact) mass is 480 g/mol. The molecule has 0 aliphatic heterocycles. The highest BCUT2D eigenvalue weighted by molar-refractivity contribution is 7.89. The number of carbonyl (C=O) groups excluding carboxylic acids is 1. The van der Waals surface area contributed by atoms with Gasteiger partial charge in [-0.15, -0.1) is 11.3 Å². The van der Waals surface area contributed by atoms with E-state index in [2.05, 4.69) is 17.1 Å². The molecule has 1 amide bonds. The number of benzene rings is 2. The molecule has 0 radical (unpaired) electrons. The predicted molar refractivity (Wildman–Crippen MR) is 127 cm³/mol. The van der Waals surface area contributed by atoms with E-state index in [0.29, 0.717) is 24.2 Å². The lowest BCUT2D eigenvalue weighted by Crippen LogP contribution is -2.30. The van der Waals surface area contributed by atoms with Crippen molar-refractivity contribution in [3.8, 4) is 6.07 Å². The molecule has 0 saturated carbocycles. The number of amides is 1. The van der Waals surface area contributed by atoms with Crippen molar-refractivity contribution in [2.24, 2.45) is 0 Å². The second-order valence-electron chi connectivity index (χ2n) is 7.32.